The molecule has 1 aromatic carbocycles. The summed E-state index contributed by atoms with van der Waals surface area (Å²) in [5, 5.41) is 0. The Morgan fingerprint density at radius 3 is 2.85 bits per heavy atom. The van der Waals surface area contributed by atoms with Crippen molar-refractivity contribution < 1.29 is 0 Å². The van der Waals surface area contributed by atoms with E-state index in [9.17, 15) is 0 Å². The zero-order valence-electron chi connectivity index (χ0n) is 15.5. The summed E-state index contributed by atoms with van der Waals surface area (Å²) in [6.45, 7) is 11.1. The van der Waals surface area contributed by atoms with E-state index in [-0.39, 0.29) is 12.1 Å². The molecule has 0 unspecified atom stereocenters. The molecular formula is C21H24N6. The first-order chi connectivity index (χ1) is 13.2. The smallest absolute Gasteiger partial charge is 0.207 e. The summed E-state index contributed by atoms with van der Waals surface area (Å²) in [7, 11) is 0. The molecule has 6 heteroatoms. The molecule has 3 aromatic rings. The van der Waals surface area contributed by atoms with Gasteiger partial charge < -0.3 is 15.2 Å². The molecule has 0 saturated carbocycles. The monoisotopic (exact) mass is 360 g/mol. The molecule has 27 heavy (non-hydrogen) atoms. The summed E-state index contributed by atoms with van der Waals surface area (Å²) in [5.41, 5.74) is 9.85. The Labute approximate surface area is 159 Å². The van der Waals surface area contributed by atoms with Gasteiger partial charge in [0.1, 0.15) is 0 Å². The third-order valence-corrected chi connectivity index (χ3v) is 5.26. The minimum Gasteiger partial charge on any atom is -0.341 e. The number of nitrogens with zero attached hydrogens (tertiary/aromatic N) is 5. The van der Waals surface area contributed by atoms with Crippen LogP contribution >= 0.6 is 0 Å². The predicted octanol–water partition coefficient (Wildman–Crippen LogP) is 3.91. The standard InChI is InChI=1S/C21H24N6/c1-3-19(17-11-10-16(23-2)13-24-17)27-20-9-5-4-8-18(20)25-21(27)26-12-6-7-15(22)14-26/h4-5,8-11,13,15,19H,3,6-7,12,14,22H2,1H3/t15-,19-/m0/s1. The quantitative estimate of drug-likeness (QED) is 0.717. The van der Waals surface area contributed by atoms with E-state index in [2.05, 4.69) is 44.4 Å². The number of piperidine rings is 1. The largest absolute Gasteiger partial charge is 0.341 e. The molecule has 1 aliphatic rings. The number of hydrogen-bond acceptors (Lipinski definition) is 4. The van der Waals surface area contributed by atoms with Crippen molar-refractivity contribution >= 4 is 22.7 Å². The molecule has 6 nitrogen and oxygen atoms in total. The summed E-state index contributed by atoms with van der Waals surface area (Å²) in [5.74, 6) is 0.967. The van der Waals surface area contributed by atoms with Crippen LogP contribution in [0, 0.1) is 6.57 Å². The molecule has 4 rings (SSSR count). The maximum atomic E-state index is 7.15. The molecule has 1 fully saturated rings. The van der Waals surface area contributed by atoms with Gasteiger partial charge in [-0.3, -0.25) is 4.98 Å². The third kappa shape index (κ3) is 3.26. The Bertz CT molecular complexity index is 968. The number of imidazole rings is 1. The Kier molecular flexibility index (Phi) is 4.78. The van der Waals surface area contributed by atoms with E-state index in [1.807, 2.05) is 18.2 Å². The highest BCUT2D eigenvalue weighted by molar-refractivity contribution is 5.79. The molecule has 2 aromatic heterocycles. The second kappa shape index (κ2) is 7.37. The van der Waals surface area contributed by atoms with Crippen LogP contribution in [0.2, 0.25) is 0 Å². The molecule has 0 bridgehead atoms. The van der Waals surface area contributed by atoms with E-state index < -0.39 is 0 Å². The molecule has 0 radical (unpaired) electrons. The van der Waals surface area contributed by atoms with Gasteiger partial charge in [0.2, 0.25) is 11.6 Å². The van der Waals surface area contributed by atoms with Crippen molar-refractivity contribution in [3.63, 3.8) is 0 Å². The summed E-state index contributed by atoms with van der Waals surface area (Å²) in [4.78, 5) is 15.3. The predicted molar refractivity (Wildman–Crippen MR) is 108 cm³/mol. The first-order valence-corrected chi connectivity index (χ1v) is 9.52. The fraction of sp³-hybridized carbons (Fsp3) is 0.381. The molecule has 1 saturated heterocycles. The zero-order valence-corrected chi connectivity index (χ0v) is 15.5. The second-order valence-corrected chi connectivity index (χ2v) is 7.10. The van der Waals surface area contributed by atoms with Gasteiger partial charge >= 0.3 is 0 Å². The first kappa shape index (κ1) is 17.5. The molecule has 2 N–H and O–H groups in total. The Hall–Kier alpha value is -2.91. The van der Waals surface area contributed by atoms with Gasteiger partial charge in [0.15, 0.2) is 0 Å². The van der Waals surface area contributed by atoms with Gasteiger partial charge in [-0.05, 0) is 37.5 Å². The van der Waals surface area contributed by atoms with Crippen molar-refractivity contribution in [3.8, 4) is 0 Å². The van der Waals surface area contributed by atoms with Crippen LogP contribution in [-0.4, -0.2) is 33.7 Å². The van der Waals surface area contributed by atoms with Crippen LogP contribution in [0.1, 0.15) is 37.9 Å². The number of anilines is 1. The van der Waals surface area contributed by atoms with Crippen molar-refractivity contribution in [3.05, 3.63) is 59.7 Å². The number of pyridine rings is 1. The minimum absolute atomic E-state index is 0.0605. The molecule has 0 amide bonds. The van der Waals surface area contributed by atoms with E-state index in [0.717, 1.165) is 55.0 Å². The second-order valence-electron chi connectivity index (χ2n) is 7.10. The maximum absolute atomic E-state index is 7.15. The first-order valence-electron chi connectivity index (χ1n) is 9.52. The van der Waals surface area contributed by atoms with Crippen LogP contribution in [0.4, 0.5) is 11.6 Å². The summed E-state index contributed by atoms with van der Waals surface area (Å²) >= 11 is 0. The van der Waals surface area contributed by atoms with Gasteiger partial charge in [-0.1, -0.05) is 25.1 Å². The van der Waals surface area contributed by atoms with Crippen LogP contribution in [0.15, 0.2) is 42.6 Å². The lowest BCUT2D eigenvalue weighted by Crippen LogP contribution is -2.44. The lowest BCUT2D eigenvalue weighted by Gasteiger charge is -2.33. The van der Waals surface area contributed by atoms with Crippen LogP contribution in [0.5, 0.6) is 0 Å². The van der Waals surface area contributed by atoms with Gasteiger partial charge in [-0.25, -0.2) is 9.83 Å². The molecular weight excluding hydrogens is 336 g/mol. The topological polar surface area (TPSA) is 64.3 Å². The SMILES string of the molecule is [C-]#[N+]c1ccc([C@H](CC)n2c(N3CCC[C@H](N)C3)nc3ccccc32)nc1. The van der Waals surface area contributed by atoms with Gasteiger partial charge in [0.25, 0.3) is 0 Å². The number of nitrogens with two attached hydrogens (primary N) is 1. The summed E-state index contributed by atoms with van der Waals surface area (Å²) in [6.07, 6.45) is 4.69. The van der Waals surface area contributed by atoms with Crippen molar-refractivity contribution in [1.82, 2.24) is 14.5 Å². The number of aromatic nitrogens is 3. The van der Waals surface area contributed by atoms with E-state index >= 15 is 0 Å². The highest BCUT2D eigenvalue weighted by Gasteiger charge is 2.26. The van der Waals surface area contributed by atoms with Gasteiger partial charge in [-0.15, -0.1) is 0 Å². The zero-order chi connectivity index (χ0) is 18.8. The highest BCUT2D eigenvalue weighted by Crippen LogP contribution is 2.33. The number of hydrogen-bond donors (Lipinski definition) is 1. The number of rotatable bonds is 4. The van der Waals surface area contributed by atoms with Crippen molar-refractivity contribution in [1.29, 1.82) is 0 Å². The number of fused-ring (bicyclic) bond motifs is 1. The maximum Gasteiger partial charge on any atom is 0.207 e. The van der Waals surface area contributed by atoms with Crippen LogP contribution in [0.3, 0.4) is 0 Å². The third-order valence-electron chi connectivity index (χ3n) is 5.26. The van der Waals surface area contributed by atoms with Crippen molar-refractivity contribution in [2.45, 2.75) is 38.3 Å². The van der Waals surface area contributed by atoms with E-state index in [1.54, 1.807) is 6.20 Å². The fourth-order valence-electron chi connectivity index (χ4n) is 3.94. The highest BCUT2D eigenvalue weighted by atomic mass is 15.3. The molecule has 138 valence electrons. The molecule has 2 atom stereocenters. The molecule has 0 spiro atoms. The number of para-hydroxylation sites is 2. The average Bonchev–Trinajstić information content (AvgIpc) is 3.09. The average molecular weight is 360 g/mol. The summed E-state index contributed by atoms with van der Waals surface area (Å²) in [6, 6.07) is 12.3. The van der Waals surface area contributed by atoms with Crippen molar-refractivity contribution in [2.75, 3.05) is 18.0 Å². The number of benzene rings is 1. The van der Waals surface area contributed by atoms with Crippen LogP contribution < -0.4 is 10.6 Å². The van der Waals surface area contributed by atoms with Gasteiger partial charge in [-0.2, -0.15) is 0 Å². The minimum atomic E-state index is 0.0605. The van der Waals surface area contributed by atoms with E-state index in [4.69, 9.17) is 17.3 Å². The Balaban J connectivity index is 1.84. The van der Waals surface area contributed by atoms with E-state index in [1.165, 1.54) is 0 Å². The Morgan fingerprint density at radius 2 is 2.15 bits per heavy atom. The normalized spacial score (nSPS) is 18.4. The lowest BCUT2D eigenvalue weighted by molar-refractivity contribution is 0.482. The molecule has 3 heterocycles. The van der Waals surface area contributed by atoms with Crippen LogP contribution in [0.25, 0.3) is 15.9 Å². The van der Waals surface area contributed by atoms with Crippen LogP contribution in [-0.2, 0) is 0 Å². The van der Waals surface area contributed by atoms with Gasteiger partial charge in [0.05, 0.1) is 29.3 Å². The lowest BCUT2D eigenvalue weighted by atomic mass is 10.1. The van der Waals surface area contributed by atoms with Gasteiger partial charge in [0, 0.05) is 25.3 Å². The molecule has 1 aliphatic heterocycles. The summed E-state index contributed by atoms with van der Waals surface area (Å²) < 4.78 is 2.30. The van der Waals surface area contributed by atoms with E-state index in [0.29, 0.717) is 5.69 Å². The molecule has 0 aliphatic carbocycles. The fourth-order valence-corrected chi connectivity index (χ4v) is 3.94. The van der Waals surface area contributed by atoms with Crippen molar-refractivity contribution in [2.24, 2.45) is 5.73 Å². The Morgan fingerprint density at radius 1 is 1.30 bits per heavy atom.